The molecule has 0 amide bonds. The molecule has 2 atom stereocenters. The van der Waals surface area contributed by atoms with Crippen LogP contribution in [0.15, 0.2) is 58.7 Å². The van der Waals surface area contributed by atoms with E-state index < -0.39 is 5.38 Å². The van der Waals surface area contributed by atoms with Gasteiger partial charge in [0.05, 0.1) is 6.26 Å². The largest absolute Gasteiger partial charge is 0.469 e. The molecule has 1 aromatic carbocycles. The maximum atomic E-state index is 12.4. The highest BCUT2D eigenvalue weighted by molar-refractivity contribution is 6.35. The summed E-state index contributed by atoms with van der Waals surface area (Å²) in [6, 6.07) is 13.6. The van der Waals surface area contributed by atoms with Crippen LogP contribution in [-0.2, 0) is 4.79 Å². The highest BCUT2D eigenvalue weighted by Gasteiger charge is 2.35. The summed E-state index contributed by atoms with van der Waals surface area (Å²) in [5, 5.41) is -0.537. The average Bonchev–Trinajstić information content (AvgIpc) is 2.99. The smallest absolute Gasteiger partial charge is 0.177 e. The molecule has 0 saturated heterocycles. The first-order valence-corrected chi connectivity index (χ1v) is 7.16. The van der Waals surface area contributed by atoms with Gasteiger partial charge < -0.3 is 4.42 Å². The first-order valence-electron chi connectivity index (χ1n) is 6.73. The van der Waals surface area contributed by atoms with E-state index in [4.69, 9.17) is 16.0 Å². The number of ketones is 1. The summed E-state index contributed by atoms with van der Waals surface area (Å²) in [5.74, 6) is 0.798. The van der Waals surface area contributed by atoms with E-state index in [0.29, 0.717) is 0 Å². The molecule has 1 aliphatic carbocycles. The Morgan fingerprint density at radius 2 is 1.95 bits per heavy atom. The van der Waals surface area contributed by atoms with Crippen molar-refractivity contribution in [2.75, 3.05) is 0 Å². The van der Waals surface area contributed by atoms with E-state index in [0.717, 1.165) is 29.7 Å². The fourth-order valence-corrected chi connectivity index (χ4v) is 3.01. The molecule has 102 valence electrons. The van der Waals surface area contributed by atoms with Crippen molar-refractivity contribution in [1.29, 1.82) is 0 Å². The second kappa shape index (κ2) is 5.68. The van der Waals surface area contributed by atoms with Crippen LogP contribution in [0.25, 0.3) is 6.08 Å². The highest BCUT2D eigenvalue weighted by atomic mass is 35.5. The minimum absolute atomic E-state index is 0.0168. The summed E-state index contributed by atoms with van der Waals surface area (Å²) in [5.41, 5.74) is 1.84. The van der Waals surface area contributed by atoms with Crippen LogP contribution in [0.3, 0.4) is 0 Å². The quantitative estimate of drug-likeness (QED) is 0.604. The minimum Gasteiger partial charge on any atom is -0.469 e. The third-order valence-electron chi connectivity index (χ3n) is 3.69. The molecule has 3 heteroatoms. The summed E-state index contributed by atoms with van der Waals surface area (Å²) in [7, 11) is 0. The molecular formula is C17H15ClO2. The normalized spacial score (nSPS) is 25.1. The van der Waals surface area contributed by atoms with E-state index in [1.807, 2.05) is 48.5 Å². The Bertz CT molecular complexity index is 614. The van der Waals surface area contributed by atoms with Crippen molar-refractivity contribution in [3.63, 3.8) is 0 Å². The first kappa shape index (κ1) is 13.2. The number of carbonyl (C=O) groups is 1. The lowest BCUT2D eigenvalue weighted by Crippen LogP contribution is -2.29. The molecular weight excluding hydrogens is 272 g/mol. The Morgan fingerprint density at radius 1 is 1.15 bits per heavy atom. The van der Waals surface area contributed by atoms with Gasteiger partial charge in [-0.2, -0.15) is 0 Å². The predicted octanol–water partition coefficient (Wildman–Crippen LogP) is 4.42. The van der Waals surface area contributed by atoms with Gasteiger partial charge in [-0.05, 0) is 42.2 Å². The molecule has 1 saturated carbocycles. The van der Waals surface area contributed by atoms with E-state index >= 15 is 0 Å². The molecule has 20 heavy (non-hydrogen) atoms. The summed E-state index contributed by atoms with van der Waals surface area (Å²) >= 11 is 6.34. The zero-order valence-corrected chi connectivity index (χ0v) is 11.7. The molecule has 2 nitrogen and oxygen atoms in total. The number of alkyl halides is 1. The van der Waals surface area contributed by atoms with Crippen LogP contribution < -0.4 is 0 Å². The van der Waals surface area contributed by atoms with Gasteiger partial charge in [-0.25, -0.2) is 0 Å². The lowest BCUT2D eigenvalue weighted by atomic mass is 9.82. The van der Waals surface area contributed by atoms with Gasteiger partial charge in [0.15, 0.2) is 5.78 Å². The number of allylic oxidation sites excluding steroid dienone is 1. The van der Waals surface area contributed by atoms with Gasteiger partial charge in [0.1, 0.15) is 11.1 Å². The Morgan fingerprint density at radius 3 is 2.65 bits per heavy atom. The first-order chi connectivity index (χ1) is 9.75. The van der Waals surface area contributed by atoms with Crippen molar-refractivity contribution in [3.8, 4) is 0 Å². The number of Topliss-reactive ketones (excluding diaryl/α,β-unsaturated/α-hetero) is 1. The summed E-state index contributed by atoms with van der Waals surface area (Å²) in [6.45, 7) is 0. The standard InChI is InChI=1S/C17H15ClO2/c18-16-14(15-7-4-10-20-15)9-8-13(17(16)19)11-12-5-2-1-3-6-12/h1-7,10-11,14,16H,8-9H2. The SMILES string of the molecule is O=C1C(=Cc2ccccc2)CCC(c2ccco2)C1Cl. The summed E-state index contributed by atoms with van der Waals surface area (Å²) in [4.78, 5) is 12.4. The van der Waals surface area contributed by atoms with Crippen LogP contribution >= 0.6 is 11.6 Å². The van der Waals surface area contributed by atoms with Gasteiger partial charge in [0.25, 0.3) is 0 Å². The lowest BCUT2D eigenvalue weighted by molar-refractivity contribution is -0.116. The van der Waals surface area contributed by atoms with Gasteiger partial charge in [0, 0.05) is 5.92 Å². The van der Waals surface area contributed by atoms with Gasteiger partial charge in [-0.1, -0.05) is 30.3 Å². The fraction of sp³-hybridized carbons (Fsp3) is 0.235. The number of benzene rings is 1. The van der Waals surface area contributed by atoms with Crippen molar-refractivity contribution in [1.82, 2.24) is 0 Å². The van der Waals surface area contributed by atoms with E-state index in [1.54, 1.807) is 6.26 Å². The molecule has 0 radical (unpaired) electrons. The molecule has 1 aromatic heterocycles. The van der Waals surface area contributed by atoms with Gasteiger partial charge >= 0.3 is 0 Å². The number of furan rings is 1. The van der Waals surface area contributed by atoms with Gasteiger partial charge in [0.2, 0.25) is 0 Å². The van der Waals surface area contributed by atoms with Gasteiger partial charge in [-0.15, -0.1) is 11.6 Å². The molecule has 1 fully saturated rings. The number of rotatable bonds is 2. The van der Waals surface area contributed by atoms with Crippen LogP contribution in [-0.4, -0.2) is 11.2 Å². The zero-order valence-electron chi connectivity index (χ0n) is 11.0. The number of hydrogen-bond acceptors (Lipinski definition) is 2. The van der Waals surface area contributed by atoms with Crippen molar-refractivity contribution in [3.05, 3.63) is 65.6 Å². The topological polar surface area (TPSA) is 30.2 Å². The molecule has 0 N–H and O–H groups in total. The monoisotopic (exact) mass is 286 g/mol. The van der Waals surface area contributed by atoms with E-state index in [2.05, 4.69) is 0 Å². The van der Waals surface area contributed by atoms with Crippen molar-refractivity contribution >= 4 is 23.5 Å². The molecule has 1 aliphatic rings. The molecule has 2 unspecified atom stereocenters. The molecule has 0 spiro atoms. The van der Waals surface area contributed by atoms with Crippen molar-refractivity contribution in [2.45, 2.75) is 24.1 Å². The Balaban J connectivity index is 1.82. The van der Waals surface area contributed by atoms with Crippen LogP contribution in [0.1, 0.15) is 30.1 Å². The number of halogens is 1. The number of carbonyl (C=O) groups excluding carboxylic acids is 1. The van der Waals surface area contributed by atoms with Crippen molar-refractivity contribution in [2.24, 2.45) is 0 Å². The average molecular weight is 287 g/mol. The van der Waals surface area contributed by atoms with Crippen LogP contribution in [0.2, 0.25) is 0 Å². The third kappa shape index (κ3) is 2.56. The second-order valence-electron chi connectivity index (χ2n) is 5.01. The second-order valence-corrected chi connectivity index (χ2v) is 5.48. The summed E-state index contributed by atoms with van der Waals surface area (Å²) < 4.78 is 5.39. The lowest BCUT2D eigenvalue weighted by Gasteiger charge is -2.26. The van der Waals surface area contributed by atoms with Crippen LogP contribution in [0.4, 0.5) is 0 Å². The molecule has 1 heterocycles. The molecule has 2 aromatic rings. The molecule has 0 bridgehead atoms. The third-order valence-corrected chi connectivity index (χ3v) is 4.20. The maximum Gasteiger partial charge on any atom is 0.177 e. The zero-order chi connectivity index (χ0) is 13.9. The summed E-state index contributed by atoms with van der Waals surface area (Å²) in [6.07, 6.45) is 5.14. The van der Waals surface area contributed by atoms with E-state index in [1.165, 1.54) is 0 Å². The molecule has 3 rings (SSSR count). The highest BCUT2D eigenvalue weighted by Crippen LogP contribution is 2.37. The molecule has 0 aliphatic heterocycles. The van der Waals surface area contributed by atoms with Gasteiger partial charge in [-0.3, -0.25) is 4.79 Å². The predicted molar refractivity (Wildman–Crippen MR) is 79.8 cm³/mol. The fourth-order valence-electron chi connectivity index (χ4n) is 2.62. The van der Waals surface area contributed by atoms with Crippen LogP contribution in [0.5, 0.6) is 0 Å². The Kier molecular flexibility index (Phi) is 3.75. The van der Waals surface area contributed by atoms with Crippen molar-refractivity contribution < 1.29 is 9.21 Å². The van der Waals surface area contributed by atoms with E-state index in [9.17, 15) is 4.79 Å². The van der Waals surface area contributed by atoms with Crippen LogP contribution in [0, 0.1) is 0 Å². The maximum absolute atomic E-state index is 12.4. The Hall–Kier alpha value is -1.80. The van der Waals surface area contributed by atoms with E-state index in [-0.39, 0.29) is 11.7 Å². The number of hydrogen-bond donors (Lipinski definition) is 0. The minimum atomic E-state index is -0.537. The Labute approximate surface area is 123 Å².